The number of benzene rings is 13. The molecule has 0 saturated heterocycles. The van der Waals surface area contributed by atoms with Crippen LogP contribution in [0.5, 0.6) is 0 Å². The molecule has 0 aromatic heterocycles. The van der Waals surface area contributed by atoms with E-state index in [0.717, 1.165) is 26.8 Å². The summed E-state index contributed by atoms with van der Waals surface area (Å²) in [5, 5.41) is 30.9. The van der Waals surface area contributed by atoms with E-state index >= 15 is 0 Å². The van der Waals surface area contributed by atoms with Crippen LogP contribution in [-0.4, -0.2) is 0 Å². The van der Waals surface area contributed by atoms with Crippen LogP contribution in [0.4, 0.5) is 0 Å². The van der Waals surface area contributed by atoms with Gasteiger partial charge in [0.2, 0.25) is 0 Å². The molecule has 0 fully saturated rings. The Morgan fingerprint density at radius 2 is 0.463 bits per heavy atom. The summed E-state index contributed by atoms with van der Waals surface area (Å²) in [4.78, 5) is 0. The van der Waals surface area contributed by atoms with Gasteiger partial charge in [0.15, 0.2) is 0 Å². The average Bonchev–Trinajstić information content (AvgIpc) is 3.21. The van der Waals surface area contributed by atoms with Crippen LogP contribution >= 0.6 is 95.6 Å². The van der Waals surface area contributed by atoms with E-state index in [4.69, 9.17) is 0 Å². The van der Waals surface area contributed by atoms with Crippen LogP contribution in [0.1, 0.15) is 0 Å². The van der Waals surface area contributed by atoms with Crippen molar-refractivity contribution in [3.8, 4) is 0 Å². The molecule has 252 valence electrons. The Bertz CT molecular complexity index is 3890. The number of hydrogen-bond acceptors (Lipinski definition) is 0. The van der Waals surface area contributed by atoms with Gasteiger partial charge in [0.05, 0.1) is 0 Å². The van der Waals surface area contributed by atoms with Crippen LogP contribution < -0.4 is 0 Å². The normalized spacial score (nSPS) is 13.0. The Kier molecular flexibility index (Phi) is 6.32. The molecule has 0 N–H and O–H groups in total. The maximum absolute atomic E-state index is 4.20. The van der Waals surface area contributed by atoms with Gasteiger partial charge >= 0.3 is 0 Å². The molecule has 13 rings (SSSR count). The Morgan fingerprint density at radius 3 is 0.852 bits per heavy atom. The van der Waals surface area contributed by atoms with E-state index < -0.39 is 0 Å². The fourth-order valence-corrected chi connectivity index (χ4v) is 13.8. The van der Waals surface area contributed by atoms with Crippen molar-refractivity contribution >= 4 is 225 Å². The van der Waals surface area contributed by atoms with Crippen molar-refractivity contribution in [2.75, 3.05) is 0 Å². The predicted molar refractivity (Wildman–Crippen MR) is 256 cm³/mol. The zero-order valence-corrected chi connectivity index (χ0v) is 37.2. The first-order valence-corrected chi connectivity index (χ1v) is 22.4. The van der Waals surface area contributed by atoms with E-state index in [1.165, 1.54) is 129 Å². The van der Waals surface area contributed by atoms with Crippen LogP contribution in [0.25, 0.3) is 129 Å². The predicted octanol–water partition coefficient (Wildman–Crippen LogP) is 18.4. The second kappa shape index (κ2) is 10.7. The number of hydrogen-bond donors (Lipinski definition) is 0. The van der Waals surface area contributed by atoms with Crippen LogP contribution in [-0.2, 0) is 0 Å². The highest BCUT2D eigenvalue weighted by atomic mass is 79.9. The second-order valence-corrected chi connectivity index (χ2v) is 19.3. The van der Waals surface area contributed by atoms with Gasteiger partial charge in [-0.1, -0.05) is 103 Å². The molecule has 0 atom stereocenters. The molecule has 0 bridgehead atoms. The fraction of sp³-hybridized carbons (Fsp3) is 0. The molecule has 0 nitrogen and oxygen atoms in total. The monoisotopic (exact) mass is 1070 g/mol. The summed E-state index contributed by atoms with van der Waals surface area (Å²) in [6.45, 7) is 0. The van der Waals surface area contributed by atoms with Crippen molar-refractivity contribution in [2.24, 2.45) is 0 Å². The molecule has 0 amide bonds. The molecule has 0 aliphatic heterocycles. The Hall–Kier alpha value is -3.36. The summed E-state index contributed by atoms with van der Waals surface area (Å²) < 4.78 is 6.10. The smallest absolute Gasteiger partial charge is 0.0477 e. The zero-order chi connectivity index (χ0) is 36.0. The van der Waals surface area contributed by atoms with Crippen LogP contribution in [0, 0.1) is 0 Å². The standard InChI is InChI=1S/C48H18Br6/c49-28-18-17-27-32-24-14-6-5-13-23(24)30-20-10-2-1-9-19(20)29-21-11-3-4-12-22(21)31-25-15-7-8-16-26(25)33-39-37(31)35(29)36(30)38(32)41(39)40(34(27)44(28)50)43-42(33)45(51)47(53)48(54)46(43)52/h1-18H. The highest BCUT2D eigenvalue weighted by Gasteiger charge is 2.32. The minimum Gasteiger partial charge on any atom is -0.0616 e. The van der Waals surface area contributed by atoms with Crippen molar-refractivity contribution < 1.29 is 0 Å². The van der Waals surface area contributed by atoms with Crippen molar-refractivity contribution in [1.29, 1.82) is 0 Å². The molecule has 0 unspecified atom stereocenters. The summed E-state index contributed by atoms with van der Waals surface area (Å²) in [6, 6.07) is 41.0. The lowest BCUT2D eigenvalue weighted by atomic mass is 9.74. The van der Waals surface area contributed by atoms with Gasteiger partial charge < -0.3 is 0 Å². The molecule has 13 aromatic carbocycles. The van der Waals surface area contributed by atoms with Gasteiger partial charge in [0.1, 0.15) is 0 Å². The largest absolute Gasteiger partial charge is 0.0616 e. The average molecular weight is 1070 g/mol. The Labute approximate surface area is 357 Å². The minimum absolute atomic E-state index is 0.979. The molecular weight excluding hydrogens is 1060 g/mol. The van der Waals surface area contributed by atoms with E-state index in [1.54, 1.807) is 0 Å². The summed E-state index contributed by atoms with van der Waals surface area (Å²) in [5.74, 6) is 0. The first-order valence-electron chi connectivity index (χ1n) is 17.6. The maximum Gasteiger partial charge on any atom is 0.0477 e. The minimum atomic E-state index is 0.979. The summed E-state index contributed by atoms with van der Waals surface area (Å²) in [5.41, 5.74) is 0. The third kappa shape index (κ3) is 3.50. The second-order valence-electron chi connectivity index (χ2n) is 14.5. The Balaban J connectivity index is 1.62. The highest BCUT2D eigenvalue weighted by Crippen LogP contribution is 2.62. The van der Waals surface area contributed by atoms with Gasteiger partial charge in [0.25, 0.3) is 0 Å². The van der Waals surface area contributed by atoms with Gasteiger partial charge in [-0.05, 0) is 204 Å². The van der Waals surface area contributed by atoms with Crippen LogP contribution in [0.15, 0.2) is 136 Å². The molecule has 6 heteroatoms. The molecule has 54 heavy (non-hydrogen) atoms. The van der Waals surface area contributed by atoms with Gasteiger partial charge in [-0.2, -0.15) is 0 Å². The van der Waals surface area contributed by atoms with E-state index in [1.807, 2.05) is 0 Å². The van der Waals surface area contributed by atoms with Crippen molar-refractivity contribution in [2.45, 2.75) is 0 Å². The third-order valence-corrected chi connectivity index (χ3v) is 19.0. The van der Waals surface area contributed by atoms with Gasteiger partial charge in [-0.15, -0.1) is 0 Å². The van der Waals surface area contributed by atoms with E-state index in [9.17, 15) is 0 Å². The number of halogens is 6. The lowest BCUT2D eigenvalue weighted by Crippen LogP contribution is -2.00. The number of fused-ring (bicyclic) bond motifs is 18. The first-order chi connectivity index (χ1) is 26.4. The summed E-state index contributed by atoms with van der Waals surface area (Å²) in [7, 11) is 0. The molecule has 0 heterocycles. The first kappa shape index (κ1) is 31.8. The fourth-order valence-electron chi connectivity index (χ4n) is 10.5. The number of rotatable bonds is 0. The quantitative estimate of drug-likeness (QED) is 0.0614. The molecule has 0 saturated carbocycles. The molecule has 0 spiro atoms. The van der Waals surface area contributed by atoms with Crippen LogP contribution in [0.2, 0.25) is 0 Å². The van der Waals surface area contributed by atoms with Gasteiger partial charge in [-0.3, -0.25) is 0 Å². The van der Waals surface area contributed by atoms with E-state index in [-0.39, 0.29) is 0 Å². The molecule has 13 aromatic rings. The van der Waals surface area contributed by atoms with Gasteiger partial charge in [0, 0.05) is 53.8 Å². The Morgan fingerprint density at radius 1 is 0.185 bits per heavy atom. The maximum atomic E-state index is 4.20. The highest BCUT2D eigenvalue weighted by molar-refractivity contribution is 9.15. The lowest BCUT2D eigenvalue weighted by molar-refractivity contribution is 1.59. The molecule has 0 aliphatic rings. The van der Waals surface area contributed by atoms with E-state index in [0.29, 0.717) is 0 Å². The van der Waals surface area contributed by atoms with Crippen molar-refractivity contribution in [3.05, 3.63) is 136 Å². The van der Waals surface area contributed by atoms with Gasteiger partial charge in [-0.25, -0.2) is 0 Å². The van der Waals surface area contributed by atoms with Crippen LogP contribution in [0.3, 0.4) is 0 Å². The lowest BCUT2D eigenvalue weighted by Gasteiger charge is -2.29. The molecule has 0 aliphatic carbocycles. The van der Waals surface area contributed by atoms with Crippen molar-refractivity contribution in [1.82, 2.24) is 0 Å². The van der Waals surface area contributed by atoms with Crippen molar-refractivity contribution in [3.63, 3.8) is 0 Å². The molecular formula is C48H18Br6. The summed E-state index contributed by atoms with van der Waals surface area (Å²) >= 11 is 24.5. The topological polar surface area (TPSA) is 0 Å². The SMILES string of the molecule is Brc1ccc2c(c1Br)c1c3c(Br)c(Br)c(Br)c(Br)c3c3c4ccccc4c4c5ccccc5c5c6ccccc6c6c7ccccc7c2c2c6c5c4c3c12. The van der Waals surface area contributed by atoms with E-state index in [2.05, 4.69) is 205 Å². The molecule has 0 radical (unpaired) electrons. The third-order valence-electron chi connectivity index (χ3n) is 12.2. The summed E-state index contributed by atoms with van der Waals surface area (Å²) in [6.07, 6.45) is 0. The zero-order valence-electron chi connectivity index (χ0n) is 27.7.